The van der Waals surface area contributed by atoms with E-state index in [1.54, 1.807) is 7.11 Å². The number of H-pyrrole nitrogens is 1. The van der Waals surface area contributed by atoms with Gasteiger partial charge in [0.25, 0.3) is 0 Å². The van der Waals surface area contributed by atoms with Crippen LogP contribution >= 0.6 is 0 Å². The maximum absolute atomic E-state index is 12.5. The van der Waals surface area contributed by atoms with E-state index in [-0.39, 0.29) is 5.91 Å². The quantitative estimate of drug-likeness (QED) is 0.712. The van der Waals surface area contributed by atoms with E-state index in [2.05, 4.69) is 10.3 Å². The summed E-state index contributed by atoms with van der Waals surface area (Å²) in [6.07, 6.45) is 0.298. The highest BCUT2D eigenvalue weighted by Gasteiger charge is 2.13. The van der Waals surface area contributed by atoms with Crippen molar-refractivity contribution >= 4 is 22.5 Å². The lowest BCUT2D eigenvalue weighted by Gasteiger charge is -2.08. The second-order valence-corrected chi connectivity index (χ2v) is 5.82. The minimum Gasteiger partial charge on any atom is -0.497 e. The van der Waals surface area contributed by atoms with E-state index < -0.39 is 0 Å². The van der Waals surface area contributed by atoms with Gasteiger partial charge in [-0.3, -0.25) is 4.79 Å². The smallest absolute Gasteiger partial charge is 0.228 e. The SMILES string of the molecule is CCOc1ccc(NC(=O)Cc2c(C)[nH]c3ccc(OC)cc23)cc1. The van der Waals surface area contributed by atoms with Crippen LogP contribution in [-0.4, -0.2) is 24.6 Å². The number of amides is 1. The highest BCUT2D eigenvalue weighted by atomic mass is 16.5. The molecule has 0 aliphatic rings. The Balaban J connectivity index is 1.76. The number of aromatic nitrogens is 1. The van der Waals surface area contributed by atoms with Gasteiger partial charge in [-0.25, -0.2) is 0 Å². The van der Waals surface area contributed by atoms with Crippen LogP contribution in [0, 0.1) is 6.92 Å². The van der Waals surface area contributed by atoms with Crippen molar-refractivity contribution in [3.05, 3.63) is 53.7 Å². The van der Waals surface area contributed by atoms with Crippen LogP contribution in [0.2, 0.25) is 0 Å². The molecule has 2 N–H and O–H groups in total. The number of nitrogens with one attached hydrogen (secondary N) is 2. The van der Waals surface area contributed by atoms with Gasteiger partial charge in [-0.05, 0) is 61.9 Å². The van der Waals surface area contributed by atoms with Crippen molar-refractivity contribution in [1.29, 1.82) is 0 Å². The maximum atomic E-state index is 12.5. The van der Waals surface area contributed by atoms with Crippen molar-refractivity contribution in [1.82, 2.24) is 4.98 Å². The molecule has 1 heterocycles. The molecule has 0 unspecified atom stereocenters. The van der Waals surface area contributed by atoms with Crippen molar-refractivity contribution < 1.29 is 14.3 Å². The van der Waals surface area contributed by atoms with Gasteiger partial charge in [-0.2, -0.15) is 0 Å². The largest absolute Gasteiger partial charge is 0.497 e. The second kappa shape index (κ2) is 7.30. The third-order valence-electron chi connectivity index (χ3n) is 4.11. The zero-order valence-corrected chi connectivity index (χ0v) is 14.7. The monoisotopic (exact) mass is 338 g/mol. The third-order valence-corrected chi connectivity index (χ3v) is 4.11. The fourth-order valence-electron chi connectivity index (χ4n) is 2.88. The van der Waals surface area contributed by atoms with E-state index in [1.807, 2.05) is 56.3 Å². The Labute approximate surface area is 147 Å². The van der Waals surface area contributed by atoms with Gasteiger partial charge in [-0.1, -0.05) is 0 Å². The molecule has 5 nitrogen and oxygen atoms in total. The zero-order valence-electron chi connectivity index (χ0n) is 14.7. The van der Waals surface area contributed by atoms with Crippen LogP contribution in [0.4, 0.5) is 5.69 Å². The van der Waals surface area contributed by atoms with Gasteiger partial charge in [0.2, 0.25) is 5.91 Å². The summed E-state index contributed by atoms with van der Waals surface area (Å²) in [4.78, 5) is 15.8. The predicted molar refractivity (Wildman–Crippen MR) is 99.5 cm³/mol. The average Bonchev–Trinajstić information content (AvgIpc) is 2.91. The number of hydrogen-bond acceptors (Lipinski definition) is 3. The Morgan fingerprint density at radius 3 is 2.52 bits per heavy atom. The molecule has 0 radical (unpaired) electrons. The van der Waals surface area contributed by atoms with Crippen molar-refractivity contribution in [3.63, 3.8) is 0 Å². The Hall–Kier alpha value is -2.95. The third kappa shape index (κ3) is 3.76. The van der Waals surface area contributed by atoms with Crippen LogP contribution < -0.4 is 14.8 Å². The summed E-state index contributed by atoms with van der Waals surface area (Å²) in [6, 6.07) is 13.2. The molecule has 0 saturated heterocycles. The van der Waals surface area contributed by atoms with Gasteiger partial charge in [0.05, 0.1) is 20.1 Å². The molecule has 2 aromatic carbocycles. The van der Waals surface area contributed by atoms with E-state index >= 15 is 0 Å². The number of carbonyl (C=O) groups excluding carboxylic acids is 1. The minimum absolute atomic E-state index is 0.0593. The first-order valence-electron chi connectivity index (χ1n) is 8.28. The number of benzene rings is 2. The standard InChI is InChI=1S/C20H22N2O3/c1-4-25-15-7-5-14(6-8-15)22-20(23)12-17-13(2)21-19-10-9-16(24-3)11-18(17)19/h5-11,21H,4,12H2,1-3H3,(H,22,23). The molecule has 0 spiro atoms. The Morgan fingerprint density at radius 2 is 1.84 bits per heavy atom. The topological polar surface area (TPSA) is 63.3 Å². The fourth-order valence-corrected chi connectivity index (χ4v) is 2.88. The molecule has 1 amide bonds. The van der Waals surface area contributed by atoms with E-state index in [0.29, 0.717) is 13.0 Å². The number of hydrogen-bond donors (Lipinski definition) is 2. The lowest BCUT2D eigenvalue weighted by Crippen LogP contribution is -2.14. The molecular weight excluding hydrogens is 316 g/mol. The highest BCUT2D eigenvalue weighted by Crippen LogP contribution is 2.27. The molecule has 0 atom stereocenters. The first-order valence-corrected chi connectivity index (χ1v) is 8.28. The van der Waals surface area contributed by atoms with E-state index in [1.165, 1.54) is 0 Å². The van der Waals surface area contributed by atoms with Crippen molar-refractivity contribution in [3.8, 4) is 11.5 Å². The summed E-state index contributed by atoms with van der Waals surface area (Å²) in [6.45, 7) is 4.54. The second-order valence-electron chi connectivity index (χ2n) is 5.82. The normalized spacial score (nSPS) is 10.7. The van der Waals surface area contributed by atoms with E-state index in [4.69, 9.17) is 9.47 Å². The molecule has 0 fully saturated rings. The number of carbonyl (C=O) groups is 1. The van der Waals surface area contributed by atoms with Gasteiger partial charge in [0.15, 0.2) is 0 Å². The van der Waals surface area contributed by atoms with E-state index in [9.17, 15) is 4.79 Å². The Bertz CT molecular complexity index is 882. The number of methoxy groups -OCH3 is 1. The van der Waals surface area contributed by atoms with Gasteiger partial charge in [0.1, 0.15) is 11.5 Å². The lowest BCUT2D eigenvalue weighted by atomic mass is 10.1. The molecule has 5 heteroatoms. The first kappa shape index (κ1) is 16.9. The van der Waals surface area contributed by atoms with Crippen LogP contribution in [-0.2, 0) is 11.2 Å². The molecule has 3 rings (SSSR count). The molecule has 130 valence electrons. The van der Waals surface area contributed by atoms with Gasteiger partial charge in [-0.15, -0.1) is 0 Å². The van der Waals surface area contributed by atoms with Gasteiger partial charge >= 0.3 is 0 Å². The van der Waals surface area contributed by atoms with Crippen molar-refractivity contribution in [2.45, 2.75) is 20.3 Å². The summed E-state index contributed by atoms with van der Waals surface area (Å²) in [7, 11) is 1.64. The molecule has 0 bridgehead atoms. The summed E-state index contributed by atoms with van der Waals surface area (Å²) < 4.78 is 10.7. The summed E-state index contributed by atoms with van der Waals surface area (Å²) in [5.41, 5.74) is 3.73. The number of rotatable bonds is 6. The first-order chi connectivity index (χ1) is 12.1. The summed E-state index contributed by atoms with van der Waals surface area (Å²) in [5, 5.41) is 3.94. The number of fused-ring (bicyclic) bond motifs is 1. The molecule has 0 aliphatic carbocycles. The van der Waals surface area contributed by atoms with Crippen LogP contribution in [0.3, 0.4) is 0 Å². The molecule has 0 saturated carbocycles. The Kier molecular flexibility index (Phi) is 4.93. The highest BCUT2D eigenvalue weighted by molar-refractivity contribution is 5.96. The lowest BCUT2D eigenvalue weighted by molar-refractivity contribution is -0.115. The maximum Gasteiger partial charge on any atom is 0.228 e. The number of aryl methyl sites for hydroxylation is 1. The van der Waals surface area contributed by atoms with Gasteiger partial charge < -0.3 is 19.8 Å². The van der Waals surface area contributed by atoms with Gasteiger partial charge in [0, 0.05) is 22.3 Å². The van der Waals surface area contributed by atoms with Crippen molar-refractivity contribution in [2.75, 3.05) is 19.0 Å². The fraction of sp³-hybridized carbons (Fsp3) is 0.250. The zero-order chi connectivity index (χ0) is 17.8. The number of ether oxygens (including phenoxy) is 2. The molecule has 1 aromatic heterocycles. The molecule has 3 aromatic rings. The number of aromatic amines is 1. The average molecular weight is 338 g/mol. The van der Waals surface area contributed by atoms with Crippen LogP contribution in [0.15, 0.2) is 42.5 Å². The van der Waals surface area contributed by atoms with Crippen LogP contribution in [0.5, 0.6) is 11.5 Å². The van der Waals surface area contributed by atoms with Crippen LogP contribution in [0.25, 0.3) is 10.9 Å². The molecule has 0 aliphatic heterocycles. The molecular formula is C20H22N2O3. The minimum atomic E-state index is -0.0593. The van der Waals surface area contributed by atoms with Crippen LogP contribution in [0.1, 0.15) is 18.2 Å². The predicted octanol–water partition coefficient (Wildman–Crippen LogP) is 4.06. The Morgan fingerprint density at radius 1 is 1.12 bits per heavy atom. The van der Waals surface area contributed by atoms with Crippen molar-refractivity contribution in [2.24, 2.45) is 0 Å². The van der Waals surface area contributed by atoms with E-state index in [0.717, 1.165) is 39.3 Å². The number of anilines is 1. The summed E-state index contributed by atoms with van der Waals surface area (Å²) >= 11 is 0. The summed E-state index contributed by atoms with van der Waals surface area (Å²) in [5.74, 6) is 1.51. The molecule has 25 heavy (non-hydrogen) atoms.